The van der Waals surface area contributed by atoms with Crippen LogP contribution in [0.5, 0.6) is 0 Å². The quantitative estimate of drug-likeness (QED) is 0.603. The molecule has 0 aliphatic carbocycles. The zero-order valence-electron chi connectivity index (χ0n) is 16.3. The van der Waals surface area contributed by atoms with E-state index >= 15 is 0 Å². The molecule has 0 saturated carbocycles. The lowest BCUT2D eigenvalue weighted by molar-refractivity contribution is 0.0526. The van der Waals surface area contributed by atoms with Gasteiger partial charge in [0.1, 0.15) is 0 Å². The van der Waals surface area contributed by atoms with Gasteiger partial charge in [0.15, 0.2) is 5.69 Å². The van der Waals surface area contributed by atoms with Crippen LogP contribution in [0.3, 0.4) is 0 Å². The molecule has 29 heavy (non-hydrogen) atoms. The molecule has 0 saturated heterocycles. The van der Waals surface area contributed by atoms with Crippen LogP contribution in [0, 0.1) is 0 Å². The fraction of sp³-hybridized carbons (Fsp3) is 0.238. The van der Waals surface area contributed by atoms with Crippen molar-refractivity contribution in [2.45, 2.75) is 26.7 Å². The van der Waals surface area contributed by atoms with E-state index in [1.807, 2.05) is 26.0 Å². The highest BCUT2D eigenvalue weighted by Gasteiger charge is 2.23. The molecule has 1 heterocycles. The minimum Gasteiger partial charge on any atom is -0.462 e. The summed E-state index contributed by atoms with van der Waals surface area (Å²) in [6.45, 7) is 5.99. The van der Waals surface area contributed by atoms with Gasteiger partial charge in [0.05, 0.1) is 23.6 Å². The number of carbonyl (C=O) groups excluding carboxylic acids is 2. The molecule has 0 aliphatic heterocycles. The Labute approximate surface area is 173 Å². The Kier molecular flexibility index (Phi) is 6.29. The highest BCUT2D eigenvalue weighted by molar-refractivity contribution is 6.30. The molecular formula is C21H21ClN4O3. The zero-order chi connectivity index (χ0) is 21.0. The van der Waals surface area contributed by atoms with Gasteiger partial charge in [-0.3, -0.25) is 4.79 Å². The van der Waals surface area contributed by atoms with Crippen LogP contribution in [0.25, 0.3) is 5.69 Å². The zero-order valence-corrected chi connectivity index (χ0v) is 17.1. The molecule has 1 aromatic heterocycles. The van der Waals surface area contributed by atoms with Gasteiger partial charge in [0.2, 0.25) is 0 Å². The van der Waals surface area contributed by atoms with E-state index in [-0.39, 0.29) is 17.5 Å². The Morgan fingerprint density at radius 1 is 1.10 bits per heavy atom. The fourth-order valence-electron chi connectivity index (χ4n) is 2.84. The largest absolute Gasteiger partial charge is 0.462 e. The average Bonchev–Trinajstić information content (AvgIpc) is 3.15. The summed E-state index contributed by atoms with van der Waals surface area (Å²) in [6, 6.07) is 13.6. The van der Waals surface area contributed by atoms with Crippen LogP contribution >= 0.6 is 11.6 Å². The maximum absolute atomic E-state index is 12.8. The van der Waals surface area contributed by atoms with Crippen LogP contribution in [0.1, 0.15) is 53.2 Å². The SMILES string of the molecule is CCOC(=O)c1ccc(NC(=O)c2nnn(-c3ccc(Cl)cc3)c2C(C)C)cc1. The monoisotopic (exact) mass is 412 g/mol. The lowest BCUT2D eigenvalue weighted by atomic mass is 10.1. The molecule has 3 rings (SSSR count). The second-order valence-electron chi connectivity index (χ2n) is 6.62. The van der Waals surface area contributed by atoms with Crippen molar-refractivity contribution in [3.63, 3.8) is 0 Å². The number of rotatable bonds is 6. The second-order valence-corrected chi connectivity index (χ2v) is 7.05. The molecule has 0 unspecified atom stereocenters. The van der Waals surface area contributed by atoms with Crippen LogP contribution in [0.15, 0.2) is 48.5 Å². The first-order chi connectivity index (χ1) is 13.9. The third-order valence-corrected chi connectivity index (χ3v) is 4.44. The minimum absolute atomic E-state index is 0.00705. The van der Waals surface area contributed by atoms with Crippen molar-refractivity contribution in [1.82, 2.24) is 15.0 Å². The summed E-state index contributed by atoms with van der Waals surface area (Å²) in [7, 11) is 0. The number of carbonyl (C=O) groups is 2. The molecule has 0 atom stereocenters. The molecule has 7 nitrogen and oxygen atoms in total. The number of nitrogens with zero attached hydrogens (tertiary/aromatic N) is 3. The summed E-state index contributed by atoms with van der Waals surface area (Å²) in [5.41, 5.74) is 2.65. The van der Waals surface area contributed by atoms with Crippen LogP contribution in [0.2, 0.25) is 5.02 Å². The summed E-state index contributed by atoms with van der Waals surface area (Å²) in [5, 5.41) is 11.7. The predicted molar refractivity (Wildman–Crippen MR) is 111 cm³/mol. The summed E-state index contributed by atoms with van der Waals surface area (Å²) in [4.78, 5) is 24.6. The van der Waals surface area contributed by atoms with Crippen molar-refractivity contribution in [3.8, 4) is 5.69 Å². The van der Waals surface area contributed by atoms with Gasteiger partial charge < -0.3 is 10.1 Å². The molecule has 0 radical (unpaired) electrons. The molecule has 2 aromatic carbocycles. The number of hydrogen-bond acceptors (Lipinski definition) is 5. The van der Waals surface area contributed by atoms with Gasteiger partial charge in [0, 0.05) is 10.7 Å². The number of halogens is 1. The van der Waals surface area contributed by atoms with Crippen molar-refractivity contribution in [2.75, 3.05) is 11.9 Å². The second kappa shape index (κ2) is 8.87. The number of esters is 1. The molecule has 0 bridgehead atoms. The van der Waals surface area contributed by atoms with E-state index in [4.69, 9.17) is 16.3 Å². The van der Waals surface area contributed by atoms with Gasteiger partial charge in [-0.1, -0.05) is 30.7 Å². The lowest BCUT2D eigenvalue weighted by Gasteiger charge is -2.11. The molecule has 0 aliphatic rings. The summed E-state index contributed by atoms with van der Waals surface area (Å²) in [5.74, 6) is -0.774. The molecule has 0 spiro atoms. The fourth-order valence-corrected chi connectivity index (χ4v) is 2.96. The topological polar surface area (TPSA) is 86.1 Å². The molecular weight excluding hydrogens is 392 g/mol. The first kappa shape index (κ1) is 20.5. The summed E-state index contributed by atoms with van der Waals surface area (Å²) >= 11 is 5.96. The Morgan fingerprint density at radius 2 is 1.76 bits per heavy atom. The number of amides is 1. The van der Waals surface area contributed by atoms with Crippen LogP contribution in [-0.2, 0) is 4.74 Å². The smallest absolute Gasteiger partial charge is 0.338 e. The van der Waals surface area contributed by atoms with E-state index in [0.717, 1.165) is 5.69 Å². The number of aromatic nitrogens is 3. The van der Waals surface area contributed by atoms with Gasteiger partial charge >= 0.3 is 5.97 Å². The predicted octanol–water partition coefficient (Wildman–Crippen LogP) is 4.47. The van der Waals surface area contributed by atoms with Crippen molar-refractivity contribution in [3.05, 3.63) is 70.5 Å². The Bertz CT molecular complexity index is 1010. The van der Waals surface area contributed by atoms with Crippen molar-refractivity contribution in [1.29, 1.82) is 0 Å². The molecule has 3 aromatic rings. The Hall–Kier alpha value is -3.19. The number of benzene rings is 2. The van der Waals surface area contributed by atoms with Crippen molar-refractivity contribution >= 4 is 29.2 Å². The third-order valence-electron chi connectivity index (χ3n) is 4.19. The molecule has 150 valence electrons. The average molecular weight is 413 g/mol. The van der Waals surface area contributed by atoms with Gasteiger partial charge in [-0.2, -0.15) is 0 Å². The van der Waals surface area contributed by atoms with Crippen molar-refractivity contribution < 1.29 is 14.3 Å². The maximum atomic E-state index is 12.8. The lowest BCUT2D eigenvalue weighted by Crippen LogP contribution is -2.16. The number of anilines is 1. The van der Waals surface area contributed by atoms with Gasteiger partial charge in [-0.25, -0.2) is 9.48 Å². The maximum Gasteiger partial charge on any atom is 0.338 e. The normalized spacial score (nSPS) is 10.8. The third kappa shape index (κ3) is 4.63. The van der Waals surface area contributed by atoms with E-state index in [9.17, 15) is 9.59 Å². The minimum atomic E-state index is -0.404. The Balaban J connectivity index is 1.84. The molecule has 1 amide bonds. The number of hydrogen-bond donors (Lipinski definition) is 1. The highest BCUT2D eigenvalue weighted by atomic mass is 35.5. The van der Waals surface area contributed by atoms with Gasteiger partial charge in [0.25, 0.3) is 5.91 Å². The van der Waals surface area contributed by atoms with Crippen LogP contribution in [0.4, 0.5) is 5.69 Å². The standard InChI is InChI=1S/C21H21ClN4O3/c1-4-29-21(28)14-5-9-16(10-6-14)23-20(27)18-19(13(2)3)26(25-24-18)17-11-7-15(22)8-12-17/h5-13H,4H2,1-3H3,(H,23,27). The molecule has 0 fully saturated rings. The molecule has 1 N–H and O–H groups in total. The summed E-state index contributed by atoms with van der Waals surface area (Å²) < 4.78 is 6.60. The highest BCUT2D eigenvalue weighted by Crippen LogP contribution is 2.23. The first-order valence-electron chi connectivity index (χ1n) is 9.20. The van der Waals surface area contributed by atoms with Crippen molar-refractivity contribution in [2.24, 2.45) is 0 Å². The van der Waals surface area contributed by atoms with E-state index in [1.54, 1.807) is 48.0 Å². The van der Waals surface area contributed by atoms with E-state index in [1.165, 1.54) is 0 Å². The van der Waals surface area contributed by atoms with E-state index in [2.05, 4.69) is 15.6 Å². The van der Waals surface area contributed by atoms with E-state index < -0.39 is 5.97 Å². The van der Waals surface area contributed by atoms with Crippen LogP contribution in [-0.4, -0.2) is 33.5 Å². The van der Waals surface area contributed by atoms with Crippen LogP contribution < -0.4 is 5.32 Å². The van der Waals surface area contributed by atoms with Gasteiger partial charge in [-0.05, 0) is 61.4 Å². The molecule has 8 heteroatoms. The number of nitrogens with one attached hydrogen (secondary N) is 1. The summed E-state index contributed by atoms with van der Waals surface area (Å²) in [6.07, 6.45) is 0. The number of ether oxygens (including phenoxy) is 1. The first-order valence-corrected chi connectivity index (χ1v) is 9.58. The Morgan fingerprint density at radius 3 is 2.34 bits per heavy atom. The van der Waals surface area contributed by atoms with Gasteiger partial charge in [-0.15, -0.1) is 5.10 Å². The van der Waals surface area contributed by atoms with E-state index in [0.29, 0.717) is 28.6 Å².